The molecule has 3 N–H and O–H groups in total. The average molecular weight is 450 g/mol. The van der Waals surface area contributed by atoms with Gasteiger partial charge in [0.15, 0.2) is 0 Å². The standard InChI is InChI=1S/C17H21F3N4O5S/c18-17(19,20)15(26)29-16-23(9-10-30-16)14(25)11(21)5-3-4-8-22-12-6-1-2-7-13(12)24(27)28/h1-2,6-7,11,16,22H,3-5,8-10,21H2/t11-,16?/m0/s1. The number of benzene rings is 1. The lowest BCUT2D eigenvalue weighted by Gasteiger charge is -2.26. The second-order valence-corrected chi connectivity index (χ2v) is 7.56. The monoisotopic (exact) mass is 450 g/mol. The predicted molar refractivity (Wildman–Crippen MR) is 104 cm³/mol. The molecule has 1 heterocycles. The highest BCUT2D eigenvalue weighted by Crippen LogP contribution is 2.29. The Balaban J connectivity index is 1.76. The van der Waals surface area contributed by atoms with E-state index in [-0.39, 0.29) is 18.7 Å². The molecule has 9 nitrogen and oxygen atoms in total. The minimum atomic E-state index is -5.14. The summed E-state index contributed by atoms with van der Waals surface area (Å²) in [4.78, 5) is 34.9. The van der Waals surface area contributed by atoms with Crippen molar-refractivity contribution in [3.05, 3.63) is 34.4 Å². The summed E-state index contributed by atoms with van der Waals surface area (Å²) in [6.45, 7) is 0.545. The molecule has 1 aromatic rings. The highest BCUT2D eigenvalue weighted by molar-refractivity contribution is 8.00. The normalized spacial score (nSPS) is 17.5. The zero-order chi connectivity index (χ0) is 22.3. The quantitative estimate of drug-likeness (QED) is 0.254. The lowest BCUT2D eigenvalue weighted by atomic mass is 10.1. The van der Waals surface area contributed by atoms with E-state index >= 15 is 0 Å². The number of nitro groups is 1. The van der Waals surface area contributed by atoms with Crippen molar-refractivity contribution < 1.29 is 32.4 Å². The van der Waals surface area contributed by atoms with Crippen molar-refractivity contribution in [2.45, 2.75) is 37.0 Å². The smallest absolute Gasteiger partial charge is 0.425 e. The third-order valence-corrected chi connectivity index (χ3v) is 5.30. The van der Waals surface area contributed by atoms with Gasteiger partial charge in [0.1, 0.15) is 5.69 Å². The van der Waals surface area contributed by atoms with Gasteiger partial charge in [0.05, 0.1) is 11.0 Å². The fourth-order valence-electron chi connectivity index (χ4n) is 2.75. The molecule has 0 spiro atoms. The summed E-state index contributed by atoms with van der Waals surface area (Å²) in [5.41, 5.74) is 4.85. The number of halogens is 3. The van der Waals surface area contributed by atoms with Crippen LogP contribution in [-0.2, 0) is 14.3 Å². The molecule has 0 aliphatic carbocycles. The molecule has 1 unspecified atom stereocenters. The molecule has 30 heavy (non-hydrogen) atoms. The zero-order valence-corrected chi connectivity index (χ0v) is 16.6. The van der Waals surface area contributed by atoms with Gasteiger partial charge in [-0.2, -0.15) is 13.2 Å². The van der Waals surface area contributed by atoms with Crippen LogP contribution in [0.25, 0.3) is 0 Å². The maximum Gasteiger partial charge on any atom is 0.491 e. The van der Waals surface area contributed by atoms with E-state index in [0.717, 1.165) is 16.7 Å². The first-order valence-corrected chi connectivity index (χ1v) is 10.1. The number of hydrogen-bond acceptors (Lipinski definition) is 8. The van der Waals surface area contributed by atoms with Gasteiger partial charge in [-0.05, 0) is 25.3 Å². The lowest BCUT2D eigenvalue weighted by Crippen LogP contribution is -2.47. The van der Waals surface area contributed by atoms with Crippen molar-refractivity contribution in [1.29, 1.82) is 0 Å². The number of hydrogen-bond donors (Lipinski definition) is 2. The van der Waals surface area contributed by atoms with Crippen LogP contribution in [0.15, 0.2) is 24.3 Å². The number of rotatable bonds is 9. The molecule has 1 aromatic carbocycles. The molecule has 166 valence electrons. The number of ether oxygens (including phenoxy) is 1. The summed E-state index contributed by atoms with van der Waals surface area (Å²) >= 11 is 0.915. The maximum atomic E-state index is 12.4. The lowest BCUT2D eigenvalue weighted by molar-refractivity contribution is -0.384. The van der Waals surface area contributed by atoms with Crippen molar-refractivity contribution >= 4 is 35.0 Å². The van der Waals surface area contributed by atoms with Crippen molar-refractivity contribution in [3.8, 4) is 0 Å². The molecule has 0 bridgehead atoms. The van der Waals surface area contributed by atoms with E-state index in [1.807, 2.05) is 0 Å². The Kier molecular flexibility index (Phi) is 8.29. The van der Waals surface area contributed by atoms with E-state index in [1.165, 1.54) is 6.07 Å². The summed E-state index contributed by atoms with van der Waals surface area (Å²) in [7, 11) is 0. The minimum absolute atomic E-state index is 0.0460. The number of carbonyl (C=O) groups is 2. The van der Waals surface area contributed by atoms with Gasteiger partial charge in [0.25, 0.3) is 5.69 Å². The number of thioether (sulfide) groups is 1. The van der Waals surface area contributed by atoms with E-state index in [0.29, 0.717) is 30.8 Å². The van der Waals surface area contributed by atoms with Crippen LogP contribution >= 0.6 is 11.8 Å². The number of carbonyl (C=O) groups excluding carboxylic acids is 2. The number of nitro benzene ring substituents is 1. The number of alkyl halides is 3. The van der Waals surface area contributed by atoms with E-state index in [4.69, 9.17) is 5.73 Å². The van der Waals surface area contributed by atoms with Gasteiger partial charge < -0.3 is 15.8 Å². The molecule has 0 radical (unpaired) electrons. The molecule has 2 atom stereocenters. The number of nitrogens with one attached hydrogen (secondary N) is 1. The Hall–Kier alpha value is -2.54. The predicted octanol–water partition coefficient (Wildman–Crippen LogP) is 2.47. The number of nitrogens with zero attached hydrogens (tertiary/aromatic N) is 2. The van der Waals surface area contributed by atoms with E-state index in [1.54, 1.807) is 18.2 Å². The summed E-state index contributed by atoms with van der Waals surface area (Å²) in [5, 5.41) is 13.9. The molecule has 1 fully saturated rings. The largest absolute Gasteiger partial charge is 0.491 e. The van der Waals surface area contributed by atoms with Crippen molar-refractivity contribution in [1.82, 2.24) is 4.90 Å². The van der Waals surface area contributed by atoms with Gasteiger partial charge >= 0.3 is 12.1 Å². The van der Waals surface area contributed by atoms with Crippen molar-refractivity contribution in [3.63, 3.8) is 0 Å². The van der Waals surface area contributed by atoms with Crippen molar-refractivity contribution in [2.75, 3.05) is 24.2 Å². The number of unbranched alkanes of at least 4 members (excludes halogenated alkanes) is 1. The summed E-state index contributed by atoms with van der Waals surface area (Å²) in [6.07, 6.45) is -3.80. The molecule has 13 heteroatoms. The average Bonchev–Trinajstić information content (AvgIpc) is 3.14. The second-order valence-electron chi connectivity index (χ2n) is 6.42. The number of esters is 1. The van der Waals surface area contributed by atoms with Crippen LogP contribution in [0.1, 0.15) is 19.3 Å². The van der Waals surface area contributed by atoms with Crippen LogP contribution in [0, 0.1) is 10.1 Å². The molecular weight excluding hydrogens is 429 g/mol. The Morgan fingerprint density at radius 1 is 1.37 bits per heavy atom. The first-order valence-electron chi connectivity index (χ1n) is 9.04. The third kappa shape index (κ3) is 6.49. The molecule has 1 aliphatic heterocycles. The number of nitrogens with two attached hydrogens (primary N) is 1. The van der Waals surface area contributed by atoms with Crippen LogP contribution in [-0.4, -0.2) is 58.3 Å². The highest BCUT2D eigenvalue weighted by atomic mass is 32.2. The number of amides is 1. The Bertz CT molecular complexity index is 780. The summed E-state index contributed by atoms with van der Waals surface area (Å²) < 4.78 is 41.5. The number of para-hydroxylation sites is 2. The van der Waals surface area contributed by atoms with Gasteiger partial charge in [-0.1, -0.05) is 23.9 Å². The summed E-state index contributed by atoms with van der Waals surface area (Å²) in [5.74, 6) is -2.62. The molecular formula is C17H21F3N4O5S. The Labute approximate surface area is 174 Å². The van der Waals surface area contributed by atoms with E-state index in [2.05, 4.69) is 10.1 Å². The third-order valence-electron chi connectivity index (χ3n) is 4.24. The fraction of sp³-hybridized carbons (Fsp3) is 0.529. The highest BCUT2D eigenvalue weighted by Gasteiger charge is 2.45. The molecule has 1 saturated heterocycles. The Morgan fingerprint density at radius 2 is 2.07 bits per heavy atom. The van der Waals surface area contributed by atoms with Crippen LogP contribution in [0.5, 0.6) is 0 Å². The van der Waals surface area contributed by atoms with Gasteiger partial charge in [-0.3, -0.25) is 19.8 Å². The molecule has 2 rings (SSSR count). The second kappa shape index (κ2) is 10.5. The summed E-state index contributed by atoms with van der Waals surface area (Å²) in [6, 6.07) is 5.24. The molecule has 1 aliphatic rings. The van der Waals surface area contributed by atoms with E-state index in [9.17, 15) is 32.9 Å². The first kappa shape index (κ1) is 23.7. The SMILES string of the molecule is N[C@@H](CCCCNc1ccccc1[N+](=O)[O-])C(=O)N1CCSC1OC(=O)C(F)(F)F. The topological polar surface area (TPSA) is 128 Å². The van der Waals surface area contributed by atoms with Gasteiger partial charge in [-0.15, -0.1) is 0 Å². The first-order chi connectivity index (χ1) is 14.1. The molecule has 1 amide bonds. The van der Waals surface area contributed by atoms with Gasteiger partial charge in [0.2, 0.25) is 11.5 Å². The van der Waals surface area contributed by atoms with Gasteiger partial charge in [-0.25, -0.2) is 4.79 Å². The fourth-order valence-corrected chi connectivity index (χ4v) is 3.80. The Morgan fingerprint density at radius 3 is 2.73 bits per heavy atom. The number of anilines is 1. The minimum Gasteiger partial charge on any atom is -0.425 e. The van der Waals surface area contributed by atoms with Gasteiger partial charge in [0, 0.05) is 24.9 Å². The molecule has 0 aromatic heterocycles. The van der Waals surface area contributed by atoms with Crippen LogP contribution in [0.3, 0.4) is 0 Å². The zero-order valence-electron chi connectivity index (χ0n) is 15.8. The van der Waals surface area contributed by atoms with Crippen LogP contribution in [0.4, 0.5) is 24.5 Å². The molecule has 0 saturated carbocycles. The van der Waals surface area contributed by atoms with Crippen molar-refractivity contribution in [2.24, 2.45) is 5.73 Å². The van der Waals surface area contributed by atoms with E-state index < -0.39 is 34.6 Å². The maximum absolute atomic E-state index is 12.4. The van der Waals surface area contributed by atoms with Crippen LogP contribution < -0.4 is 11.1 Å². The van der Waals surface area contributed by atoms with Crippen LogP contribution in [0.2, 0.25) is 0 Å².